The molecule has 0 amide bonds. The summed E-state index contributed by atoms with van der Waals surface area (Å²) >= 11 is 0. The number of piperidine rings is 1. The van der Waals surface area contributed by atoms with E-state index in [0.717, 1.165) is 36.4 Å². The van der Waals surface area contributed by atoms with Gasteiger partial charge >= 0.3 is 0 Å². The van der Waals surface area contributed by atoms with Crippen LogP contribution in [0.5, 0.6) is 0 Å². The lowest BCUT2D eigenvalue weighted by molar-refractivity contribution is 0.527. The standard InChI is InChI=1S/C22H26N4/c1-16(2)17-9-11-18(12-10-17)24-19-6-5-13-26(15-19)22-14-23-20-7-3-4-8-21(20)25-22/h3-4,7-12,14,16,19,24H,5-6,13,15H2,1-2H3. The van der Waals surface area contributed by atoms with E-state index in [9.17, 15) is 0 Å². The van der Waals surface area contributed by atoms with Crippen molar-refractivity contribution in [1.29, 1.82) is 0 Å². The topological polar surface area (TPSA) is 41.0 Å². The van der Waals surface area contributed by atoms with Gasteiger partial charge in [-0.15, -0.1) is 0 Å². The van der Waals surface area contributed by atoms with Crippen molar-refractivity contribution in [3.63, 3.8) is 0 Å². The van der Waals surface area contributed by atoms with E-state index >= 15 is 0 Å². The molecule has 2 aromatic carbocycles. The molecule has 1 fully saturated rings. The highest BCUT2D eigenvalue weighted by molar-refractivity contribution is 5.75. The van der Waals surface area contributed by atoms with Crippen LogP contribution in [-0.4, -0.2) is 29.1 Å². The van der Waals surface area contributed by atoms with E-state index in [0.29, 0.717) is 12.0 Å². The van der Waals surface area contributed by atoms with Gasteiger partial charge in [0.2, 0.25) is 0 Å². The fourth-order valence-corrected chi connectivity index (χ4v) is 3.60. The number of fused-ring (bicyclic) bond motifs is 1. The molecule has 1 N–H and O–H groups in total. The quantitative estimate of drug-likeness (QED) is 0.734. The third-order valence-electron chi connectivity index (χ3n) is 5.13. The van der Waals surface area contributed by atoms with E-state index in [4.69, 9.17) is 4.98 Å². The molecule has 134 valence electrons. The SMILES string of the molecule is CC(C)c1ccc(NC2CCCN(c3cnc4ccccc4n3)C2)cc1. The molecule has 1 aliphatic rings. The second kappa shape index (κ2) is 7.32. The van der Waals surface area contributed by atoms with Gasteiger partial charge in [0.05, 0.1) is 17.2 Å². The van der Waals surface area contributed by atoms with Gasteiger partial charge in [0.25, 0.3) is 0 Å². The maximum Gasteiger partial charge on any atom is 0.147 e. The van der Waals surface area contributed by atoms with Crippen molar-refractivity contribution in [1.82, 2.24) is 9.97 Å². The van der Waals surface area contributed by atoms with E-state index in [-0.39, 0.29) is 0 Å². The minimum absolute atomic E-state index is 0.432. The van der Waals surface area contributed by atoms with Crippen LogP contribution in [0.3, 0.4) is 0 Å². The molecule has 0 aliphatic carbocycles. The Hall–Kier alpha value is -2.62. The Morgan fingerprint density at radius 2 is 1.81 bits per heavy atom. The summed E-state index contributed by atoms with van der Waals surface area (Å²) in [5.41, 5.74) is 4.50. The molecule has 4 rings (SSSR count). The molecule has 1 saturated heterocycles. The van der Waals surface area contributed by atoms with E-state index in [1.165, 1.54) is 17.7 Å². The molecule has 2 heterocycles. The highest BCUT2D eigenvalue weighted by Crippen LogP contribution is 2.23. The minimum Gasteiger partial charge on any atom is -0.381 e. The largest absolute Gasteiger partial charge is 0.381 e. The summed E-state index contributed by atoms with van der Waals surface area (Å²) in [7, 11) is 0. The molecule has 4 nitrogen and oxygen atoms in total. The predicted octanol–water partition coefficient (Wildman–Crippen LogP) is 4.83. The number of nitrogens with zero attached hydrogens (tertiary/aromatic N) is 3. The normalized spacial score (nSPS) is 17.7. The predicted molar refractivity (Wildman–Crippen MR) is 109 cm³/mol. The Morgan fingerprint density at radius 1 is 1.04 bits per heavy atom. The molecule has 0 saturated carbocycles. The summed E-state index contributed by atoms with van der Waals surface area (Å²) in [6.07, 6.45) is 4.25. The number of para-hydroxylation sites is 2. The Labute approximate surface area is 155 Å². The van der Waals surface area contributed by atoms with Crippen molar-refractivity contribution in [2.75, 3.05) is 23.3 Å². The van der Waals surface area contributed by atoms with Crippen molar-refractivity contribution in [2.24, 2.45) is 0 Å². The Morgan fingerprint density at radius 3 is 2.58 bits per heavy atom. The van der Waals surface area contributed by atoms with E-state index in [1.807, 2.05) is 30.5 Å². The van der Waals surface area contributed by atoms with Crippen molar-refractivity contribution < 1.29 is 0 Å². The smallest absolute Gasteiger partial charge is 0.147 e. The summed E-state index contributed by atoms with van der Waals surface area (Å²) in [6, 6.07) is 17.3. The summed E-state index contributed by atoms with van der Waals surface area (Å²) < 4.78 is 0. The summed E-state index contributed by atoms with van der Waals surface area (Å²) in [6.45, 7) is 6.45. The van der Waals surface area contributed by atoms with Crippen LogP contribution >= 0.6 is 0 Å². The van der Waals surface area contributed by atoms with Crippen LogP contribution in [0, 0.1) is 0 Å². The van der Waals surface area contributed by atoms with Crippen LogP contribution in [0.2, 0.25) is 0 Å². The van der Waals surface area contributed by atoms with Crippen LogP contribution in [0.1, 0.15) is 38.2 Å². The Kier molecular flexibility index (Phi) is 4.74. The number of hydrogen-bond acceptors (Lipinski definition) is 4. The molecule has 1 unspecified atom stereocenters. The molecule has 26 heavy (non-hydrogen) atoms. The van der Waals surface area contributed by atoms with Gasteiger partial charge in [0.1, 0.15) is 5.82 Å². The average molecular weight is 346 g/mol. The molecule has 1 aliphatic heterocycles. The van der Waals surface area contributed by atoms with Gasteiger partial charge in [0, 0.05) is 24.8 Å². The maximum absolute atomic E-state index is 4.81. The fourth-order valence-electron chi connectivity index (χ4n) is 3.60. The molecular formula is C22H26N4. The third-order valence-corrected chi connectivity index (χ3v) is 5.13. The third kappa shape index (κ3) is 3.64. The van der Waals surface area contributed by atoms with Crippen LogP contribution in [-0.2, 0) is 0 Å². The fraction of sp³-hybridized carbons (Fsp3) is 0.364. The number of hydrogen-bond donors (Lipinski definition) is 1. The highest BCUT2D eigenvalue weighted by atomic mass is 15.2. The van der Waals surface area contributed by atoms with Crippen molar-refractivity contribution in [2.45, 2.75) is 38.6 Å². The number of benzene rings is 2. The van der Waals surface area contributed by atoms with Crippen LogP contribution in [0.4, 0.5) is 11.5 Å². The number of aromatic nitrogens is 2. The number of anilines is 2. The number of nitrogens with one attached hydrogen (secondary N) is 1. The summed E-state index contributed by atoms with van der Waals surface area (Å²) in [5, 5.41) is 3.69. The Bertz CT molecular complexity index is 873. The van der Waals surface area contributed by atoms with Gasteiger partial charge in [0.15, 0.2) is 0 Å². The van der Waals surface area contributed by atoms with Crippen LogP contribution in [0.15, 0.2) is 54.7 Å². The zero-order chi connectivity index (χ0) is 17.9. The lowest BCUT2D eigenvalue weighted by Crippen LogP contribution is -2.42. The summed E-state index contributed by atoms with van der Waals surface area (Å²) in [4.78, 5) is 11.7. The van der Waals surface area contributed by atoms with E-state index in [2.05, 4.69) is 53.3 Å². The molecule has 4 heteroatoms. The van der Waals surface area contributed by atoms with Gasteiger partial charge in [-0.25, -0.2) is 4.98 Å². The van der Waals surface area contributed by atoms with Gasteiger partial charge < -0.3 is 10.2 Å². The molecule has 0 spiro atoms. The first-order chi connectivity index (χ1) is 12.7. The monoisotopic (exact) mass is 346 g/mol. The maximum atomic E-state index is 4.81. The molecule has 3 aromatic rings. The first kappa shape index (κ1) is 16.8. The highest BCUT2D eigenvalue weighted by Gasteiger charge is 2.21. The second-order valence-electron chi connectivity index (χ2n) is 7.42. The van der Waals surface area contributed by atoms with Crippen molar-refractivity contribution >= 4 is 22.5 Å². The Balaban J connectivity index is 1.46. The van der Waals surface area contributed by atoms with Crippen LogP contribution in [0.25, 0.3) is 11.0 Å². The van der Waals surface area contributed by atoms with Crippen molar-refractivity contribution in [3.05, 3.63) is 60.3 Å². The van der Waals surface area contributed by atoms with Gasteiger partial charge in [-0.05, 0) is 48.6 Å². The summed E-state index contributed by atoms with van der Waals surface area (Å²) in [5.74, 6) is 1.55. The first-order valence-electron chi connectivity index (χ1n) is 9.52. The lowest BCUT2D eigenvalue weighted by Gasteiger charge is -2.34. The molecule has 0 radical (unpaired) electrons. The van der Waals surface area contributed by atoms with Crippen molar-refractivity contribution in [3.8, 4) is 0 Å². The van der Waals surface area contributed by atoms with Crippen LogP contribution < -0.4 is 10.2 Å². The molecule has 1 atom stereocenters. The zero-order valence-electron chi connectivity index (χ0n) is 15.5. The van der Waals surface area contributed by atoms with E-state index in [1.54, 1.807) is 0 Å². The average Bonchev–Trinajstić information content (AvgIpc) is 2.68. The number of rotatable bonds is 4. The first-order valence-corrected chi connectivity index (χ1v) is 9.52. The molecule has 1 aromatic heterocycles. The second-order valence-corrected chi connectivity index (χ2v) is 7.42. The molecular weight excluding hydrogens is 320 g/mol. The minimum atomic E-state index is 0.432. The zero-order valence-corrected chi connectivity index (χ0v) is 15.5. The van der Waals surface area contributed by atoms with Gasteiger partial charge in [-0.1, -0.05) is 38.1 Å². The van der Waals surface area contributed by atoms with Gasteiger partial charge in [-0.3, -0.25) is 4.98 Å². The van der Waals surface area contributed by atoms with E-state index < -0.39 is 0 Å². The lowest BCUT2D eigenvalue weighted by atomic mass is 10.0. The van der Waals surface area contributed by atoms with Gasteiger partial charge in [-0.2, -0.15) is 0 Å². The molecule has 0 bridgehead atoms.